The zero-order valence-corrected chi connectivity index (χ0v) is 12.9. The Kier molecular flexibility index (Phi) is 4.22. The first-order chi connectivity index (χ1) is 10.6. The van der Waals surface area contributed by atoms with Crippen molar-refractivity contribution in [2.45, 2.75) is 52.0 Å². The minimum absolute atomic E-state index is 0.0272. The summed E-state index contributed by atoms with van der Waals surface area (Å²) in [6.45, 7) is 4.45. The molecule has 0 spiro atoms. The van der Waals surface area contributed by atoms with E-state index < -0.39 is 0 Å². The van der Waals surface area contributed by atoms with Crippen LogP contribution in [0.25, 0.3) is 0 Å². The second-order valence-corrected chi connectivity index (χ2v) is 5.70. The van der Waals surface area contributed by atoms with Gasteiger partial charge in [0.2, 0.25) is 11.8 Å². The van der Waals surface area contributed by atoms with E-state index >= 15 is 0 Å². The lowest BCUT2D eigenvalue weighted by molar-refractivity contribution is -0.132. The number of hydrogen-bond donors (Lipinski definition) is 0. The second-order valence-electron chi connectivity index (χ2n) is 5.70. The van der Waals surface area contributed by atoms with Crippen molar-refractivity contribution in [3.63, 3.8) is 0 Å². The zero-order chi connectivity index (χ0) is 15.5. The van der Waals surface area contributed by atoms with Gasteiger partial charge in [0.05, 0.1) is 11.7 Å². The van der Waals surface area contributed by atoms with E-state index in [1.165, 1.54) is 0 Å². The topological polar surface area (TPSA) is 85.3 Å². The lowest BCUT2D eigenvalue weighted by atomic mass is 10.1. The summed E-state index contributed by atoms with van der Waals surface area (Å²) >= 11 is 0. The molecule has 3 rings (SSSR count). The fourth-order valence-electron chi connectivity index (χ4n) is 2.88. The van der Waals surface area contributed by atoms with Crippen LogP contribution >= 0.6 is 0 Å². The van der Waals surface area contributed by atoms with E-state index in [4.69, 9.17) is 9.05 Å². The highest BCUT2D eigenvalue weighted by Crippen LogP contribution is 2.32. The molecule has 1 saturated heterocycles. The Bertz CT molecular complexity index is 649. The quantitative estimate of drug-likeness (QED) is 0.843. The van der Waals surface area contributed by atoms with Crippen LogP contribution in [-0.4, -0.2) is 32.6 Å². The molecule has 1 aliphatic rings. The molecule has 7 heteroatoms. The molecular formula is C15H20N4O3. The molecular weight excluding hydrogens is 284 g/mol. The molecule has 0 aliphatic carbocycles. The Labute approximate surface area is 128 Å². The Morgan fingerprint density at radius 2 is 2.23 bits per heavy atom. The number of carbonyl (C=O) groups excluding carboxylic acids is 1. The number of aryl methyl sites for hydroxylation is 3. The van der Waals surface area contributed by atoms with Gasteiger partial charge < -0.3 is 13.9 Å². The van der Waals surface area contributed by atoms with Gasteiger partial charge in [-0.05, 0) is 33.1 Å². The normalized spacial score (nSPS) is 18.1. The van der Waals surface area contributed by atoms with Crippen LogP contribution in [0, 0.1) is 13.8 Å². The van der Waals surface area contributed by atoms with Crippen LogP contribution < -0.4 is 0 Å². The SMILES string of the molecule is Cc1cc([C@H]2CCCN2C(=O)CCCc2nc(C)no2)on1. The lowest BCUT2D eigenvalue weighted by Gasteiger charge is -2.22. The molecule has 3 heterocycles. The van der Waals surface area contributed by atoms with Crippen molar-refractivity contribution >= 4 is 5.91 Å². The van der Waals surface area contributed by atoms with Crippen molar-refractivity contribution in [2.24, 2.45) is 0 Å². The summed E-state index contributed by atoms with van der Waals surface area (Å²) in [7, 11) is 0. The summed E-state index contributed by atoms with van der Waals surface area (Å²) in [4.78, 5) is 18.5. The summed E-state index contributed by atoms with van der Waals surface area (Å²) in [5, 5.41) is 7.66. The third kappa shape index (κ3) is 3.18. The van der Waals surface area contributed by atoms with Crippen LogP contribution in [0.15, 0.2) is 15.1 Å². The predicted octanol–water partition coefficient (Wildman–Crippen LogP) is 2.36. The smallest absolute Gasteiger partial charge is 0.226 e. The van der Waals surface area contributed by atoms with E-state index in [0.717, 1.165) is 30.8 Å². The second kappa shape index (κ2) is 6.29. The van der Waals surface area contributed by atoms with Gasteiger partial charge in [-0.25, -0.2) is 0 Å². The van der Waals surface area contributed by atoms with Gasteiger partial charge in [-0.3, -0.25) is 4.79 Å². The van der Waals surface area contributed by atoms with E-state index in [9.17, 15) is 4.79 Å². The molecule has 1 aliphatic heterocycles. The summed E-state index contributed by atoms with van der Waals surface area (Å²) in [5.74, 6) is 2.15. The molecule has 0 radical (unpaired) electrons. The molecule has 0 aromatic carbocycles. The van der Waals surface area contributed by atoms with E-state index in [1.807, 2.05) is 17.9 Å². The molecule has 0 N–H and O–H groups in total. The van der Waals surface area contributed by atoms with E-state index in [-0.39, 0.29) is 11.9 Å². The highest BCUT2D eigenvalue weighted by molar-refractivity contribution is 5.76. The summed E-state index contributed by atoms with van der Waals surface area (Å²) in [5.41, 5.74) is 0.848. The molecule has 2 aromatic heterocycles. The number of nitrogens with zero attached hydrogens (tertiary/aromatic N) is 4. The Morgan fingerprint density at radius 1 is 1.36 bits per heavy atom. The number of rotatable bonds is 5. The van der Waals surface area contributed by atoms with Crippen LogP contribution in [0.3, 0.4) is 0 Å². The maximum Gasteiger partial charge on any atom is 0.226 e. The summed E-state index contributed by atoms with van der Waals surface area (Å²) < 4.78 is 10.4. The van der Waals surface area contributed by atoms with Crippen LogP contribution in [0.1, 0.15) is 54.9 Å². The van der Waals surface area contributed by atoms with Crippen LogP contribution in [-0.2, 0) is 11.2 Å². The Hall–Kier alpha value is -2.18. The van der Waals surface area contributed by atoms with Crippen LogP contribution in [0.4, 0.5) is 0 Å². The fraction of sp³-hybridized carbons (Fsp3) is 0.600. The maximum absolute atomic E-state index is 12.4. The zero-order valence-electron chi connectivity index (χ0n) is 12.9. The molecule has 1 amide bonds. The number of likely N-dealkylation sites (tertiary alicyclic amines) is 1. The summed E-state index contributed by atoms with van der Waals surface area (Å²) in [6.07, 6.45) is 3.75. The van der Waals surface area contributed by atoms with Crippen molar-refractivity contribution in [3.8, 4) is 0 Å². The number of carbonyl (C=O) groups is 1. The van der Waals surface area contributed by atoms with E-state index in [2.05, 4.69) is 15.3 Å². The number of amides is 1. The van der Waals surface area contributed by atoms with Crippen molar-refractivity contribution in [1.82, 2.24) is 20.2 Å². The van der Waals surface area contributed by atoms with Crippen molar-refractivity contribution in [1.29, 1.82) is 0 Å². The maximum atomic E-state index is 12.4. The van der Waals surface area contributed by atoms with Gasteiger partial charge in [-0.1, -0.05) is 10.3 Å². The monoisotopic (exact) mass is 304 g/mol. The lowest BCUT2D eigenvalue weighted by Crippen LogP contribution is -2.30. The summed E-state index contributed by atoms with van der Waals surface area (Å²) in [6, 6.07) is 1.94. The highest BCUT2D eigenvalue weighted by Gasteiger charge is 2.32. The third-order valence-corrected chi connectivity index (χ3v) is 3.90. The fourth-order valence-corrected chi connectivity index (χ4v) is 2.88. The first-order valence-electron chi connectivity index (χ1n) is 7.65. The number of aromatic nitrogens is 3. The molecule has 7 nitrogen and oxygen atoms in total. The molecule has 1 atom stereocenters. The first-order valence-corrected chi connectivity index (χ1v) is 7.65. The predicted molar refractivity (Wildman–Crippen MR) is 76.9 cm³/mol. The average molecular weight is 304 g/mol. The molecule has 0 bridgehead atoms. The van der Waals surface area contributed by atoms with Crippen molar-refractivity contribution < 1.29 is 13.8 Å². The van der Waals surface area contributed by atoms with Crippen molar-refractivity contribution in [3.05, 3.63) is 29.2 Å². The highest BCUT2D eigenvalue weighted by atomic mass is 16.5. The molecule has 1 fully saturated rings. The number of hydrogen-bond acceptors (Lipinski definition) is 6. The molecule has 22 heavy (non-hydrogen) atoms. The van der Waals surface area contributed by atoms with Crippen molar-refractivity contribution in [2.75, 3.05) is 6.54 Å². The molecule has 0 unspecified atom stereocenters. The van der Waals surface area contributed by atoms with Gasteiger partial charge in [0, 0.05) is 25.5 Å². The minimum Gasteiger partial charge on any atom is -0.359 e. The van der Waals surface area contributed by atoms with Gasteiger partial charge in [0.1, 0.15) is 0 Å². The van der Waals surface area contributed by atoms with Gasteiger partial charge >= 0.3 is 0 Å². The minimum atomic E-state index is 0.0272. The van der Waals surface area contributed by atoms with Crippen LogP contribution in [0.5, 0.6) is 0 Å². The first kappa shape index (κ1) is 14.7. The molecule has 0 saturated carbocycles. The molecule has 118 valence electrons. The Morgan fingerprint density at radius 3 is 2.91 bits per heavy atom. The molecule has 2 aromatic rings. The Balaban J connectivity index is 1.54. The third-order valence-electron chi connectivity index (χ3n) is 3.90. The van der Waals surface area contributed by atoms with Gasteiger partial charge in [0.15, 0.2) is 11.6 Å². The average Bonchev–Trinajstić information content (AvgIpc) is 3.19. The van der Waals surface area contributed by atoms with Gasteiger partial charge in [-0.15, -0.1) is 0 Å². The van der Waals surface area contributed by atoms with Gasteiger partial charge in [0.25, 0.3) is 0 Å². The van der Waals surface area contributed by atoms with E-state index in [1.54, 1.807) is 6.92 Å². The standard InChI is InChI=1S/C15H20N4O3/c1-10-9-13(21-17-10)12-5-4-8-19(12)15(20)7-3-6-14-16-11(2)18-22-14/h9,12H,3-8H2,1-2H3/t12-/m1/s1. The largest absolute Gasteiger partial charge is 0.359 e. The van der Waals surface area contributed by atoms with Crippen LogP contribution in [0.2, 0.25) is 0 Å². The van der Waals surface area contributed by atoms with Gasteiger partial charge in [-0.2, -0.15) is 4.98 Å². The van der Waals surface area contributed by atoms with E-state index in [0.29, 0.717) is 31.0 Å².